The molecule has 0 aliphatic heterocycles. The Morgan fingerprint density at radius 3 is 2.11 bits per heavy atom. The van der Waals surface area contributed by atoms with Gasteiger partial charge >= 0.3 is 0 Å². The van der Waals surface area contributed by atoms with Gasteiger partial charge < -0.3 is 9.47 Å². The van der Waals surface area contributed by atoms with Crippen molar-refractivity contribution >= 4 is 0 Å². The Morgan fingerprint density at radius 2 is 1.44 bits per heavy atom. The van der Waals surface area contributed by atoms with E-state index in [0.717, 1.165) is 31.8 Å². The van der Waals surface area contributed by atoms with Crippen LogP contribution in [0.1, 0.15) is 38.5 Å². The predicted molar refractivity (Wildman–Crippen MR) is 75.8 cm³/mol. The number of unbranched alkanes of at least 4 members (excludes halogenated alkanes) is 5. The fourth-order valence-electron chi connectivity index (χ4n) is 1.78. The lowest BCUT2D eigenvalue weighted by Crippen LogP contribution is -1.97. The molecule has 0 unspecified atom stereocenters. The summed E-state index contributed by atoms with van der Waals surface area (Å²) in [5, 5.41) is 0. The minimum Gasteiger partial charge on any atom is -0.502 e. The van der Waals surface area contributed by atoms with Gasteiger partial charge in [-0.25, -0.2) is 0 Å². The first-order valence-electron chi connectivity index (χ1n) is 6.84. The average Bonchev–Trinajstić information content (AvgIpc) is 2.42. The van der Waals surface area contributed by atoms with Gasteiger partial charge in [0.05, 0.1) is 19.5 Å². The number of rotatable bonds is 11. The van der Waals surface area contributed by atoms with Crippen LogP contribution in [0.4, 0.5) is 0 Å². The van der Waals surface area contributed by atoms with Gasteiger partial charge in [0.25, 0.3) is 0 Å². The fourth-order valence-corrected chi connectivity index (χ4v) is 1.78. The highest BCUT2D eigenvalue weighted by atomic mass is 16.5. The predicted octanol–water partition coefficient (Wildman–Crippen LogP) is 4.57. The second kappa shape index (κ2) is 10.7. The van der Waals surface area contributed by atoms with Crippen LogP contribution < -0.4 is 4.74 Å². The van der Waals surface area contributed by atoms with Crippen LogP contribution in [-0.4, -0.2) is 13.2 Å². The third-order valence-corrected chi connectivity index (χ3v) is 2.79. The summed E-state index contributed by atoms with van der Waals surface area (Å²) in [5.74, 6) is 0.971. The Hall–Kier alpha value is -1.44. The summed E-state index contributed by atoms with van der Waals surface area (Å²) in [6, 6.07) is 10.0. The van der Waals surface area contributed by atoms with Crippen molar-refractivity contribution < 1.29 is 9.47 Å². The monoisotopic (exact) mass is 248 g/mol. The molecule has 0 spiro atoms. The average molecular weight is 248 g/mol. The van der Waals surface area contributed by atoms with Crippen molar-refractivity contribution in [3.63, 3.8) is 0 Å². The van der Waals surface area contributed by atoms with E-state index in [1.165, 1.54) is 31.9 Å². The summed E-state index contributed by atoms with van der Waals surface area (Å²) in [4.78, 5) is 0. The van der Waals surface area contributed by atoms with Crippen molar-refractivity contribution in [2.24, 2.45) is 0 Å². The Labute approximate surface area is 111 Å². The number of benzene rings is 1. The van der Waals surface area contributed by atoms with Gasteiger partial charge in [0.1, 0.15) is 5.75 Å². The second-order valence-corrected chi connectivity index (χ2v) is 4.32. The first-order chi connectivity index (χ1) is 8.93. The Morgan fingerprint density at radius 1 is 0.833 bits per heavy atom. The van der Waals surface area contributed by atoms with Gasteiger partial charge in [0, 0.05) is 0 Å². The molecular formula is C16H24O2. The first kappa shape index (κ1) is 14.6. The van der Waals surface area contributed by atoms with Gasteiger partial charge in [0.2, 0.25) is 0 Å². The summed E-state index contributed by atoms with van der Waals surface area (Å²) in [6.07, 6.45) is 8.84. The van der Waals surface area contributed by atoms with Gasteiger partial charge in [-0.3, -0.25) is 0 Å². The largest absolute Gasteiger partial charge is 0.502 e. The van der Waals surface area contributed by atoms with Crippen molar-refractivity contribution in [3.8, 4) is 5.75 Å². The van der Waals surface area contributed by atoms with Crippen LogP contribution in [0, 0.1) is 0 Å². The van der Waals surface area contributed by atoms with E-state index in [1.807, 2.05) is 30.3 Å². The summed E-state index contributed by atoms with van der Waals surface area (Å²) < 4.78 is 10.7. The molecule has 0 saturated heterocycles. The molecular weight excluding hydrogens is 224 g/mol. The summed E-state index contributed by atoms with van der Waals surface area (Å²) in [6.45, 7) is 5.15. The summed E-state index contributed by atoms with van der Waals surface area (Å²) >= 11 is 0. The lowest BCUT2D eigenvalue weighted by Gasteiger charge is -2.05. The molecule has 1 rings (SSSR count). The molecule has 100 valence electrons. The zero-order valence-corrected chi connectivity index (χ0v) is 11.1. The van der Waals surface area contributed by atoms with Crippen molar-refractivity contribution in [2.75, 3.05) is 13.2 Å². The molecule has 0 atom stereocenters. The molecule has 0 aliphatic carbocycles. The number of hydrogen-bond acceptors (Lipinski definition) is 2. The molecule has 1 aromatic carbocycles. The maximum absolute atomic E-state index is 5.63. The van der Waals surface area contributed by atoms with E-state index in [4.69, 9.17) is 9.47 Å². The molecule has 0 aliphatic rings. The number of para-hydroxylation sites is 1. The van der Waals surface area contributed by atoms with Gasteiger partial charge in [-0.2, -0.15) is 0 Å². The van der Waals surface area contributed by atoms with Gasteiger partial charge in [-0.15, -0.1) is 0 Å². The van der Waals surface area contributed by atoms with Gasteiger partial charge in [0.15, 0.2) is 0 Å². The van der Waals surface area contributed by atoms with Crippen molar-refractivity contribution in [3.05, 3.63) is 43.2 Å². The lowest BCUT2D eigenvalue weighted by molar-refractivity contribution is 0.241. The van der Waals surface area contributed by atoms with E-state index < -0.39 is 0 Å². The third kappa shape index (κ3) is 7.77. The molecule has 2 heteroatoms. The van der Waals surface area contributed by atoms with E-state index in [0.29, 0.717) is 0 Å². The minimum atomic E-state index is 0.806. The molecule has 0 radical (unpaired) electrons. The van der Waals surface area contributed by atoms with E-state index in [2.05, 4.69) is 6.58 Å². The van der Waals surface area contributed by atoms with Crippen LogP contribution in [0.5, 0.6) is 5.75 Å². The first-order valence-corrected chi connectivity index (χ1v) is 6.84. The quantitative estimate of drug-likeness (QED) is 0.422. The van der Waals surface area contributed by atoms with Gasteiger partial charge in [-0.05, 0) is 25.0 Å². The van der Waals surface area contributed by atoms with Crippen LogP contribution in [0.2, 0.25) is 0 Å². The number of hydrogen-bond donors (Lipinski definition) is 0. The van der Waals surface area contributed by atoms with Crippen molar-refractivity contribution in [1.29, 1.82) is 0 Å². The molecule has 0 amide bonds. The molecule has 18 heavy (non-hydrogen) atoms. The third-order valence-electron chi connectivity index (χ3n) is 2.79. The fraction of sp³-hybridized carbons (Fsp3) is 0.500. The van der Waals surface area contributed by atoms with E-state index in [1.54, 1.807) is 0 Å². The van der Waals surface area contributed by atoms with Crippen LogP contribution in [0.3, 0.4) is 0 Å². The Bertz CT molecular complexity index is 295. The molecule has 1 aromatic rings. The van der Waals surface area contributed by atoms with Crippen LogP contribution in [0.25, 0.3) is 0 Å². The van der Waals surface area contributed by atoms with E-state index in [-0.39, 0.29) is 0 Å². The summed E-state index contributed by atoms with van der Waals surface area (Å²) in [5.41, 5.74) is 0. The molecule has 0 N–H and O–H groups in total. The Kier molecular flexibility index (Phi) is 8.69. The smallest absolute Gasteiger partial charge is 0.119 e. The van der Waals surface area contributed by atoms with Crippen LogP contribution in [0.15, 0.2) is 43.2 Å². The highest BCUT2D eigenvalue weighted by Crippen LogP contribution is 2.10. The normalized spacial score (nSPS) is 10.0. The van der Waals surface area contributed by atoms with Crippen LogP contribution in [-0.2, 0) is 4.74 Å². The summed E-state index contributed by atoms with van der Waals surface area (Å²) in [7, 11) is 0. The highest BCUT2D eigenvalue weighted by molar-refractivity contribution is 5.20. The molecule has 0 heterocycles. The molecule has 0 fully saturated rings. The maximum Gasteiger partial charge on any atom is 0.119 e. The minimum absolute atomic E-state index is 0.806. The van der Waals surface area contributed by atoms with Crippen molar-refractivity contribution in [2.45, 2.75) is 38.5 Å². The molecule has 0 saturated carbocycles. The van der Waals surface area contributed by atoms with Crippen molar-refractivity contribution in [1.82, 2.24) is 0 Å². The topological polar surface area (TPSA) is 18.5 Å². The zero-order chi connectivity index (χ0) is 12.9. The number of ether oxygens (including phenoxy) is 2. The second-order valence-electron chi connectivity index (χ2n) is 4.32. The molecule has 0 bridgehead atoms. The van der Waals surface area contributed by atoms with Gasteiger partial charge in [-0.1, -0.05) is 50.5 Å². The van der Waals surface area contributed by atoms with E-state index >= 15 is 0 Å². The molecule has 2 nitrogen and oxygen atoms in total. The zero-order valence-electron chi connectivity index (χ0n) is 11.1. The van der Waals surface area contributed by atoms with Crippen LogP contribution >= 0.6 is 0 Å². The standard InChI is InChI=1S/C16H24O2/c1-2-17-14-10-5-3-4-6-11-15-18-16-12-8-7-9-13-16/h2,7-9,12-13H,1,3-6,10-11,14-15H2. The highest BCUT2D eigenvalue weighted by Gasteiger charge is 1.93. The molecule has 0 aromatic heterocycles. The maximum atomic E-state index is 5.63. The lowest BCUT2D eigenvalue weighted by atomic mass is 10.1. The van der Waals surface area contributed by atoms with E-state index in [9.17, 15) is 0 Å². The Balaban J connectivity index is 1.83. The SMILES string of the molecule is C=COCCCCCCCCOc1ccccc1.